The summed E-state index contributed by atoms with van der Waals surface area (Å²) in [6.45, 7) is -0.207. The molecule has 5 nitrogen and oxygen atoms in total. The zero-order valence-electron chi connectivity index (χ0n) is 7.71. The van der Waals surface area contributed by atoms with E-state index in [9.17, 15) is 4.79 Å². The van der Waals surface area contributed by atoms with Crippen LogP contribution < -0.4 is 0 Å². The fraction of sp³-hybridized carbons (Fsp3) is 0.444. The van der Waals surface area contributed by atoms with Gasteiger partial charge < -0.3 is 14.3 Å². The highest BCUT2D eigenvalue weighted by atomic mass is 16.6. The van der Waals surface area contributed by atoms with Crippen LogP contribution in [0, 0.1) is 0 Å². The van der Waals surface area contributed by atoms with Gasteiger partial charge in [-0.05, 0) is 12.1 Å². The Labute approximate surface area is 80.9 Å². The van der Waals surface area contributed by atoms with Crippen molar-refractivity contribution in [3.63, 3.8) is 0 Å². The van der Waals surface area contributed by atoms with Gasteiger partial charge in [-0.25, -0.2) is 4.79 Å². The first-order chi connectivity index (χ1) is 6.74. The summed E-state index contributed by atoms with van der Waals surface area (Å²) in [5.41, 5.74) is 0. The van der Waals surface area contributed by atoms with Gasteiger partial charge in [0.15, 0.2) is 6.10 Å². The van der Waals surface area contributed by atoms with Crippen LogP contribution in [0.2, 0.25) is 0 Å². The van der Waals surface area contributed by atoms with Crippen molar-refractivity contribution in [2.75, 3.05) is 13.7 Å². The largest absolute Gasteiger partial charge is 0.467 e. The van der Waals surface area contributed by atoms with E-state index in [1.165, 1.54) is 11.2 Å². The van der Waals surface area contributed by atoms with Crippen molar-refractivity contribution in [3.8, 4) is 0 Å². The van der Waals surface area contributed by atoms with Crippen LogP contribution in [0.1, 0.15) is 11.8 Å². The molecule has 1 aliphatic heterocycles. The molecule has 0 spiro atoms. The molecule has 76 valence electrons. The van der Waals surface area contributed by atoms with E-state index in [2.05, 4.69) is 0 Å². The van der Waals surface area contributed by atoms with Gasteiger partial charge in [0.05, 0.1) is 12.9 Å². The van der Waals surface area contributed by atoms with Gasteiger partial charge in [-0.1, -0.05) is 0 Å². The number of rotatable bonds is 2. The van der Waals surface area contributed by atoms with Gasteiger partial charge in [0.25, 0.3) is 0 Å². The number of hydrogen-bond acceptors (Lipinski definition) is 4. The molecule has 1 amide bonds. The number of carbonyl (C=O) groups is 1. The number of aliphatic hydroxyl groups excluding tert-OH is 1. The lowest BCUT2D eigenvalue weighted by atomic mass is 10.1. The summed E-state index contributed by atoms with van der Waals surface area (Å²) < 4.78 is 10.1. The van der Waals surface area contributed by atoms with Crippen LogP contribution >= 0.6 is 0 Å². The number of hydrogen-bond donors (Lipinski definition) is 1. The van der Waals surface area contributed by atoms with E-state index in [0.29, 0.717) is 5.76 Å². The second kappa shape index (κ2) is 3.34. The van der Waals surface area contributed by atoms with E-state index in [-0.39, 0.29) is 12.6 Å². The number of carbonyl (C=O) groups excluding carboxylic acids is 1. The maximum Gasteiger partial charge on any atom is 0.410 e. The molecular formula is C9H11NO4. The quantitative estimate of drug-likeness (QED) is 0.760. The van der Waals surface area contributed by atoms with Crippen molar-refractivity contribution in [2.45, 2.75) is 12.1 Å². The van der Waals surface area contributed by atoms with Crippen LogP contribution in [0.3, 0.4) is 0 Å². The van der Waals surface area contributed by atoms with E-state index in [1.54, 1.807) is 19.2 Å². The molecule has 1 aliphatic rings. The van der Waals surface area contributed by atoms with Crippen molar-refractivity contribution >= 4 is 6.09 Å². The Morgan fingerprint density at radius 2 is 2.43 bits per heavy atom. The van der Waals surface area contributed by atoms with Crippen LogP contribution in [0.5, 0.6) is 0 Å². The van der Waals surface area contributed by atoms with E-state index >= 15 is 0 Å². The van der Waals surface area contributed by atoms with Crippen molar-refractivity contribution < 1.29 is 19.1 Å². The lowest BCUT2D eigenvalue weighted by molar-refractivity contribution is 0.0790. The van der Waals surface area contributed by atoms with Gasteiger partial charge in [-0.3, -0.25) is 4.90 Å². The van der Waals surface area contributed by atoms with Crippen molar-refractivity contribution in [1.29, 1.82) is 0 Å². The Morgan fingerprint density at radius 3 is 3.00 bits per heavy atom. The summed E-state index contributed by atoms with van der Waals surface area (Å²) in [6.07, 6.45) is 0.546. The van der Waals surface area contributed by atoms with Crippen LogP contribution in [0.4, 0.5) is 4.79 Å². The molecule has 1 aromatic rings. The third-order valence-corrected chi connectivity index (χ3v) is 2.32. The van der Waals surface area contributed by atoms with Crippen LogP contribution in [-0.4, -0.2) is 35.9 Å². The predicted molar refractivity (Wildman–Crippen MR) is 46.6 cm³/mol. The van der Waals surface area contributed by atoms with Gasteiger partial charge in [0.1, 0.15) is 11.8 Å². The summed E-state index contributed by atoms with van der Waals surface area (Å²) in [7, 11) is 1.62. The lowest BCUT2D eigenvalue weighted by Gasteiger charge is -2.17. The molecule has 0 bridgehead atoms. The first-order valence-electron chi connectivity index (χ1n) is 4.31. The highest BCUT2D eigenvalue weighted by molar-refractivity contribution is 5.70. The minimum absolute atomic E-state index is 0.207. The Morgan fingerprint density at radius 1 is 1.64 bits per heavy atom. The number of furan rings is 1. The molecule has 14 heavy (non-hydrogen) atoms. The average molecular weight is 197 g/mol. The van der Waals surface area contributed by atoms with Gasteiger partial charge in [0, 0.05) is 7.05 Å². The molecule has 1 aromatic heterocycles. The fourth-order valence-electron chi connectivity index (χ4n) is 1.61. The van der Waals surface area contributed by atoms with Gasteiger partial charge in [-0.2, -0.15) is 0 Å². The SMILES string of the molecule is CN1C(=O)OC(CO)C1c1ccco1. The number of aliphatic hydroxyl groups is 1. The summed E-state index contributed by atoms with van der Waals surface area (Å²) in [5, 5.41) is 9.03. The van der Waals surface area contributed by atoms with E-state index in [4.69, 9.17) is 14.3 Å². The number of nitrogens with zero attached hydrogens (tertiary/aromatic N) is 1. The summed E-state index contributed by atoms with van der Waals surface area (Å²) in [6, 6.07) is 3.16. The van der Waals surface area contributed by atoms with Gasteiger partial charge >= 0.3 is 6.09 Å². The molecular weight excluding hydrogens is 186 g/mol. The molecule has 1 fully saturated rings. The van der Waals surface area contributed by atoms with Gasteiger partial charge in [0.2, 0.25) is 0 Å². The second-order valence-electron chi connectivity index (χ2n) is 3.18. The standard InChI is InChI=1S/C9H11NO4/c1-10-8(6-3-2-4-13-6)7(5-11)14-9(10)12/h2-4,7-8,11H,5H2,1H3. The minimum atomic E-state index is -0.543. The van der Waals surface area contributed by atoms with Gasteiger partial charge in [-0.15, -0.1) is 0 Å². The van der Waals surface area contributed by atoms with Crippen LogP contribution in [0.25, 0.3) is 0 Å². The summed E-state index contributed by atoms with van der Waals surface area (Å²) in [4.78, 5) is 12.6. The highest BCUT2D eigenvalue weighted by Crippen LogP contribution is 2.31. The Kier molecular flexibility index (Phi) is 2.17. The van der Waals surface area contributed by atoms with Crippen LogP contribution in [0.15, 0.2) is 22.8 Å². The first-order valence-corrected chi connectivity index (χ1v) is 4.31. The molecule has 1 saturated heterocycles. The fourth-order valence-corrected chi connectivity index (χ4v) is 1.61. The molecule has 2 rings (SSSR count). The number of amides is 1. The second-order valence-corrected chi connectivity index (χ2v) is 3.18. The predicted octanol–water partition coefficient (Wildman–Crippen LogP) is 0.764. The molecule has 0 saturated carbocycles. The lowest BCUT2D eigenvalue weighted by Crippen LogP contribution is -2.26. The minimum Gasteiger partial charge on any atom is -0.467 e. The van der Waals surface area contributed by atoms with E-state index in [1.807, 2.05) is 0 Å². The molecule has 0 aliphatic carbocycles. The normalized spacial score (nSPS) is 26.7. The van der Waals surface area contributed by atoms with Crippen molar-refractivity contribution in [2.24, 2.45) is 0 Å². The molecule has 5 heteroatoms. The summed E-state index contributed by atoms with van der Waals surface area (Å²) >= 11 is 0. The summed E-state index contributed by atoms with van der Waals surface area (Å²) in [5.74, 6) is 0.623. The molecule has 2 atom stereocenters. The van der Waals surface area contributed by atoms with Crippen molar-refractivity contribution in [1.82, 2.24) is 4.90 Å². The van der Waals surface area contributed by atoms with Crippen LogP contribution in [-0.2, 0) is 4.74 Å². The number of cyclic esters (lactones) is 1. The zero-order chi connectivity index (χ0) is 10.1. The average Bonchev–Trinajstić information content (AvgIpc) is 2.76. The number of ether oxygens (including phenoxy) is 1. The smallest absolute Gasteiger partial charge is 0.410 e. The zero-order valence-corrected chi connectivity index (χ0v) is 7.71. The Balaban J connectivity index is 2.28. The molecule has 2 heterocycles. The molecule has 0 radical (unpaired) electrons. The van der Waals surface area contributed by atoms with Crippen molar-refractivity contribution in [3.05, 3.63) is 24.2 Å². The maximum absolute atomic E-state index is 11.2. The third kappa shape index (κ3) is 1.26. The monoisotopic (exact) mass is 197 g/mol. The highest BCUT2D eigenvalue weighted by Gasteiger charge is 2.41. The Hall–Kier alpha value is -1.49. The molecule has 1 N–H and O–H groups in total. The first kappa shape index (κ1) is 9.08. The number of likely N-dealkylation sites (N-methyl/N-ethyl adjacent to an activating group) is 1. The molecule has 2 unspecified atom stereocenters. The Bertz CT molecular complexity index is 322. The maximum atomic E-state index is 11.2. The molecule has 0 aromatic carbocycles. The van der Waals surface area contributed by atoms with E-state index in [0.717, 1.165) is 0 Å². The third-order valence-electron chi connectivity index (χ3n) is 2.32. The van der Waals surface area contributed by atoms with E-state index < -0.39 is 12.2 Å². The topological polar surface area (TPSA) is 62.9 Å².